The van der Waals surface area contributed by atoms with Gasteiger partial charge in [0.15, 0.2) is 0 Å². The molecule has 0 unspecified atom stereocenters. The van der Waals surface area contributed by atoms with Crippen LogP contribution >= 0.6 is 0 Å². The first-order valence-corrected chi connectivity index (χ1v) is 4.37. The molecule has 15 heavy (non-hydrogen) atoms. The Morgan fingerprint density at radius 2 is 2.13 bits per heavy atom. The summed E-state index contributed by atoms with van der Waals surface area (Å²) < 4.78 is 5.26. The van der Waals surface area contributed by atoms with Crippen LogP contribution in [0.3, 0.4) is 0 Å². The lowest BCUT2D eigenvalue weighted by molar-refractivity contribution is -0.269. The maximum atomic E-state index is 10.5. The minimum atomic E-state index is -0.621. The number of ether oxygens (including phenoxy) is 1. The molecule has 4 nitrogen and oxygen atoms in total. The van der Waals surface area contributed by atoms with Crippen LogP contribution in [0.4, 0.5) is 0 Å². The van der Waals surface area contributed by atoms with Crippen molar-refractivity contribution in [2.75, 3.05) is 13.2 Å². The third-order valence-electron chi connectivity index (χ3n) is 1.43. The van der Waals surface area contributed by atoms with E-state index in [4.69, 9.17) is 4.74 Å². The van der Waals surface area contributed by atoms with Crippen LogP contribution in [0.15, 0.2) is 36.9 Å². The van der Waals surface area contributed by atoms with Crippen molar-refractivity contribution in [3.63, 3.8) is 0 Å². The summed E-state index contributed by atoms with van der Waals surface area (Å²) in [6.07, 6.45) is 1.02. The van der Waals surface area contributed by atoms with Gasteiger partial charge in [-0.2, -0.15) is 4.89 Å². The summed E-state index contributed by atoms with van der Waals surface area (Å²) in [5, 5.41) is 0. The maximum Gasteiger partial charge on any atom is 0.365 e. The van der Waals surface area contributed by atoms with Gasteiger partial charge in [-0.1, -0.05) is 18.7 Å². The number of rotatable bonds is 6. The van der Waals surface area contributed by atoms with Crippen LogP contribution in [0.2, 0.25) is 0 Å². The Bertz CT molecular complexity index is 308. The van der Waals surface area contributed by atoms with Crippen molar-refractivity contribution in [2.24, 2.45) is 0 Å². The monoisotopic (exact) mass is 207 g/mol. The molecule has 0 aliphatic rings. The Kier molecular flexibility index (Phi) is 4.97. The van der Waals surface area contributed by atoms with Crippen molar-refractivity contribution in [1.29, 1.82) is 0 Å². The number of carbonyl (C=O) groups is 1. The van der Waals surface area contributed by atoms with E-state index in [1.807, 2.05) is 0 Å². The number of hydrogen-bond donors (Lipinski definition) is 0. The first kappa shape index (κ1) is 11.3. The predicted octanol–water partition coefficient (Wildman–Crippen LogP) is 1.53. The van der Waals surface area contributed by atoms with E-state index < -0.39 is 5.97 Å². The first-order chi connectivity index (χ1) is 7.33. The van der Waals surface area contributed by atoms with E-state index >= 15 is 0 Å². The van der Waals surface area contributed by atoms with Crippen LogP contribution in [0.1, 0.15) is 0 Å². The number of hydrogen-bond acceptors (Lipinski definition) is 4. The van der Waals surface area contributed by atoms with Crippen LogP contribution in [0.5, 0.6) is 5.75 Å². The number of carbonyl (C=O) groups excluding carboxylic acids is 1. The molecule has 1 aromatic carbocycles. The van der Waals surface area contributed by atoms with Gasteiger partial charge in [0, 0.05) is 6.08 Å². The van der Waals surface area contributed by atoms with Gasteiger partial charge in [-0.3, -0.25) is 4.89 Å². The van der Waals surface area contributed by atoms with E-state index in [2.05, 4.69) is 22.4 Å². The van der Waals surface area contributed by atoms with Crippen molar-refractivity contribution in [2.45, 2.75) is 0 Å². The van der Waals surface area contributed by atoms with E-state index in [0.29, 0.717) is 12.4 Å². The SMILES string of the molecule is C=CC(=O)OOCCOc1cc[c]cc1. The van der Waals surface area contributed by atoms with Crippen LogP contribution in [-0.4, -0.2) is 19.2 Å². The van der Waals surface area contributed by atoms with Crippen molar-refractivity contribution in [1.82, 2.24) is 0 Å². The van der Waals surface area contributed by atoms with Gasteiger partial charge in [0.1, 0.15) is 19.0 Å². The van der Waals surface area contributed by atoms with E-state index in [1.165, 1.54) is 0 Å². The molecule has 0 aliphatic carbocycles. The molecule has 4 heteroatoms. The second kappa shape index (κ2) is 6.62. The highest BCUT2D eigenvalue weighted by atomic mass is 17.2. The molecular weight excluding hydrogens is 196 g/mol. The maximum absolute atomic E-state index is 10.5. The summed E-state index contributed by atoms with van der Waals surface area (Å²) in [5.74, 6) is 0.0942. The Balaban J connectivity index is 2.07. The van der Waals surface area contributed by atoms with Gasteiger partial charge >= 0.3 is 5.97 Å². The molecule has 0 aliphatic heterocycles. The molecule has 0 bridgehead atoms. The highest BCUT2D eigenvalue weighted by Crippen LogP contribution is 2.07. The predicted molar refractivity (Wildman–Crippen MR) is 53.0 cm³/mol. The fourth-order valence-electron chi connectivity index (χ4n) is 0.795. The van der Waals surface area contributed by atoms with E-state index in [-0.39, 0.29) is 6.61 Å². The van der Waals surface area contributed by atoms with E-state index in [1.54, 1.807) is 24.3 Å². The molecular formula is C11H11O4. The number of benzene rings is 1. The zero-order valence-corrected chi connectivity index (χ0v) is 8.14. The van der Waals surface area contributed by atoms with E-state index in [9.17, 15) is 4.79 Å². The van der Waals surface area contributed by atoms with Crippen molar-refractivity contribution < 1.29 is 19.3 Å². The largest absolute Gasteiger partial charge is 0.491 e. The summed E-state index contributed by atoms with van der Waals surface area (Å²) in [5.41, 5.74) is 0. The van der Waals surface area contributed by atoms with E-state index in [0.717, 1.165) is 6.08 Å². The van der Waals surface area contributed by atoms with Gasteiger partial charge in [0.05, 0.1) is 0 Å². The zero-order chi connectivity index (χ0) is 10.9. The van der Waals surface area contributed by atoms with Gasteiger partial charge in [0.2, 0.25) is 0 Å². The fraction of sp³-hybridized carbons (Fsp3) is 0.182. The van der Waals surface area contributed by atoms with Gasteiger partial charge in [-0.15, -0.1) is 0 Å². The third kappa shape index (κ3) is 4.83. The Labute approximate surface area is 88.0 Å². The Hall–Kier alpha value is -1.81. The summed E-state index contributed by atoms with van der Waals surface area (Å²) >= 11 is 0. The molecule has 0 fully saturated rings. The second-order valence-corrected chi connectivity index (χ2v) is 2.51. The minimum Gasteiger partial charge on any atom is -0.491 e. The van der Waals surface area contributed by atoms with Crippen LogP contribution < -0.4 is 4.74 Å². The average molecular weight is 207 g/mol. The molecule has 1 aromatic rings. The lowest BCUT2D eigenvalue weighted by Crippen LogP contribution is -2.09. The summed E-state index contributed by atoms with van der Waals surface area (Å²) in [6, 6.07) is 9.90. The van der Waals surface area contributed by atoms with Gasteiger partial charge < -0.3 is 4.74 Å². The molecule has 0 saturated heterocycles. The van der Waals surface area contributed by atoms with Gasteiger partial charge in [-0.05, 0) is 18.2 Å². The van der Waals surface area contributed by atoms with Crippen molar-refractivity contribution in [3.8, 4) is 5.75 Å². The molecule has 0 saturated carbocycles. The highest BCUT2D eigenvalue weighted by Gasteiger charge is 1.96. The lowest BCUT2D eigenvalue weighted by Gasteiger charge is -2.04. The van der Waals surface area contributed by atoms with Crippen LogP contribution in [0, 0.1) is 6.07 Å². The average Bonchev–Trinajstić information content (AvgIpc) is 2.29. The molecule has 0 atom stereocenters. The quantitative estimate of drug-likeness (QED) is 0.307. The van der Waals surface area contributed by atoms with Crippen LogP contribution in [0.25, 0.3) is 0 Å². The van der Waals surface area contributed by atoms with Gasteiger partial charge in [-0.25, -0.2) is 4.79 Å². The standard InChI is InChI=1S/C11H11O4/c1-2-11(12)15-14-9-8-13-10-6-4-3-5-7-10/h2,4-7H,1,8-9H2. The summed E-state index contributed by atoms with van der Waals surface area (Å²) in [6.45, 7) is 3.68. The zero-order valence-electron chi connectivity index (χ0n) is 8.14. The summed E-state index contributed by atoms with van der Waals surface area (Å²) in [4.78, 5) is 19.4. The third-order valence-corrected chi connectivity index (χ3v) is 1.43. The smallest absolute Gasteiger partial charge is 0.365 e. The Morgan fingerprint density at radius 3 is 2.80 bits per heavy atom. The minimum absolute atomic E-state index is 0.165. The molecule has 0 aromatic heterocycles. The second-order valence-electron chi connectivity index (χ2n) is 2.51. The molecule has 1 rings (SSSR count). The molecule has 0 amide bonds. The Morgan fingerprint density at radius 1 is 1.40 bits per heavy atom. The fourth-order valence-corrected chi connectivity index (χ4v) is 0.795. The first-order valence-electron chi connectivity index (χ1n) is 4.37. The van der Waals surface area contributed by atoms with Crippen LogP contribution in [-0.2, 0) is 14.6 Å². The summed E-state index contributed by atoms with van der Waals surface area (Å²) in [7, 11) is 0. The molecule has 0 heterocycles. The highest BCUT2D eigenvalue weighted by molar-refractivity contribution is 5.80. The molecule has 0 spiro atoms. The van der Waals surface area contributed by atoms with Crippen molar-refractivity contribution >= 4 is 5.97 Å². The lowest BCUT2D eigenvalue weighted by atomic mass is 10.3. The molecule has 79 valence electrons. The van der Waals surface area contributed by atoms with Gasteiger partial charge in [0.25, 0.3) is 0 Å². The normalized spacial score (nSPS) is 9.33. The molecule has 0 N–H and O–H groups in total. The molecule has 1 radical (unpaired) electrons. The van der Waals surface area contributed by atoms with Crippen molar-refractivity contribution in [3.05, 3.63) is 43.0 Å². The topological polar surface area (TPSA) is 44.8 Å².